The van der Waals surface area contributed by atoms with E-state index in [1.165, 1.54) is 44.1 Å². The third-order valence-electron chi connectivity index (χ3n) is 4.34. The van der Waals surface area contributed by atoms with Crippen molar-refractivity contribution < 1.29 is 9.47 Å². The lowest BCUT2D eigenvalue weighted by atomic mass is 10.1. The molecule has 1 N–H and O–H groups in total. The van der Waals surface area contributed by atoms with Crippen molar-refractivity contribution in [3.63, 3.8) is 0 Å². The van der Waals surface area contributed by atoms with Crippen molar-refractivity contribution in [2.24, 2.45) is 0 Å². The van der Waals surface area contributed by atoms with Crippen molar-refractivity contribution in [3.05, 3.63) is 23.8 Å². The first-order chi connectivity index (χ1) is 10.3. The summed E-state index contributed by atoms with van der Waals surface area (Å²) in [6.07, 6.45) is 10.6. The molecule has 1 aliphatic carbocycles. The molecule has 0 bridgehead atoms. The largest absolute Gasteiger partial charge is 0.497 e. The lowest BCUT2D eigenvalue weighted by Gasteiger charge is -2.16. The second kappa shape index (κ2) is 8.93. The number of rotatable bonds is 7. The molecule has 0 unspecified atom stereocenters. The zero-order valence-electron chi connectivity index (χ0n) is 13.5. The van der Waals surface area contributed by atoms with Crippen molar-refractivity contribution in [3.8, 4) is 11.5 Å². The molecule has 2 rings (SSSR count). The van der Waals surface area contributed by atoms with Gasteiger partial charge in [0, 0.05) is 12.1 Å². The number of methoxy groups -OCH3 is 2. The quantitative estimate of drug-likeness (QED) is 0.609. The molecule has 1 saturated carbocycles. The Kier molecular flexibility index (Phi) is 6.87. The van der Waals surface area contributed by atoms with Gasteiger partial charge in [0.25, 0.3) is 0 Å². The number of hydrogen-bond donors (Lipinski definition) is 1. The third-order valence-corrected chi connectivity index (χ3v) is 4.34. The molecule has 21 heavy (non-hydrogen) atoms. The van der Waals surface area contributed by atoms with E-state index in [0.29, 0.717) is 0 Å². The molecular weight excluding hydrogens is 262 g/mol. The van der Waals surface area contributed by atoms with Gasteiger partial charge in [-0.05, 0) is 49.9 Å². The first-order valence-corrected chi connectivity index (χ1v) is 8.27. The fraction of sp³-hybridized carbons (Fsp3) is 0.667. The molecule has 0 aromatic heterocycles. The zero-order chi connectivity index (χ0) is 14.9. The van der Waals surface area contributed by atoms with E-state index in [0.717, 1.165) is 36.9 Å². The topological polar surface area (TPSA) is 30.5 Å². The standard InChI is InChI=1S/C18H29NO2/c1-20-17-12-15(13-18(14-17)21-2)8-7-11-19-16-9-5-3-4-6-10-16/h12-14,16,19H,3-11H2,1-2H3. The minimum Gasteiger partial charge on any atom is -0.497 e. The average Bonchev–Trinajstić information content (AvgIpc) is 2.80. The van der Waals surface area contributed by atoms with Crippen LogP contribution in [0.1, 0.15) is 50.5 Å². The molecule has 1 aromatic carbocycles. The van der Waals surface area contributed by atoms with Crippen LogP contribution in [0.3, 0.4) is 0 Å². The van der Waals surface area contributed by atoms with Gasteiger partial charge < -0.3 is 14.8 Å². The predicted octanol–water partition coefficient (Wildman–Crippen LogP) is 3.95. The van der Waals surface area contributed by atoms with E-state index in [4.69, 9.17) is 9.47 Å². The van der Waals surface area contributed by atoms with E-state index in [1.807, 2.05) is 6.07 Å². The minimum atomic E-state index is 0.743. The van der Waals surface area contributed by atoms with Crippen molar-refractivity contribution >= 4 is 0 Å². The second-order valence-corrected chi connectivity index (χ2v) is 5.97. The first kappa shape index (κ1) is 16.2. The molecule has 1 fully saturated rings. The highest BCUT2D eigenvalue weighted by molar-refractivity contribution is 5.38. The van der Waals surface area contributed by atoms with Crippen LogP contribution < -0.4 is 14.8 Å². The SMILES string of the molecule is COc1cc(CCCNC2CCCCCC2)cc(OC)c1. The average molecular weight is 291 g/mol. The summed E-state index contributed by atoms with van der Waals surface area (Å²) in [6, 6.07) is 6.88. The Hall–Kier alpha value is -1.22. The molecule has 0 atom stereocenters. The fourth-order valence-corrected chi connectivity index (χ4v) is 3.09. The van der Waals surface area contributed by atoms with Crippen LogP contribution >= 0.6 is 0 Å². The van der Waals surface area contributed by atoms with Crippen LogP contribution in [0.25, 0.3) is 0 Å². The van der Waals surface area contributed by atoms with Gasteiger partial charge >= 0.3 is 0 Å². The molecule has 1 aromatic rings. The van der Waals surface area contributed by atoms with Gasteiger partial charge in [-0.3, -0.25) is 0 Å². The van der Waals surface area contributed by atoms with Crippen LogP contribution in [0, 0.1) is 0 Å². The Morgan fingerprint density at radius 3 is 2.14 bits per heavy atom. The Morgan fingerprint density at radius 2 is 1.57 bits per heavy atom. The summed E-state index contributed by atoms with van der Waals surface area (Å²) in [6.45, 7) is 1.10. The molecule has 3 nitrogen and oxygen atoms in total. The maximum Gasteiger partial charge on any atom is 0.122 e. The van der Waals surface area contributed by atoms with Crippen molar-refractivity contribution in [1.82, 2.24) is 5.32 Å². The maximum atomic E-state index is 5.32. The summed E-state index contributed by atoms with van der Waals surface area (Å²) in [5.74, 6) is 1.75. The van der Waals surface area contributed by atoms with E-state index in [-0.39, 0.29) is 0 Å². The number of hydrogen-bond acceptors (Lipinski definition) is 3. The molecule has 0 amide bonds. The van der Waals surface area contributed by atoms with Gasteiger partial charge in [-0.1, -0.05) is 25.7 Å². The van der Waals surface area contributed by atoms with Crippen LogP contribution in [0.4, 0.5) is 0 Å². The zero-order valence-corrected chi connectivity index (χ0v) is 13.5. The molecule has 0 radical (unpaired) electrons. The van der Waals surface area contributed by atoms with Crippen molar-refractivity contribution in [2.75, 3.05) is 20.8 Å². The highest BCUT2D eigenvalue weighted by Gasteiger charge is 2.10. The normalized spacial score (nSPS) is 16.5. The summed E-state index contributed by atoms with van der Waals surface area (Å²) < 4.78 is 10.6. The molecule has 0 aliphatic heterocycles. The van der Waals surface area contributed by atoms with Gasteiger partial charge in [0.2, 0.25) is 0 Å². The molecular formula is C18H29NO2. The summed E-state index contributed by atoms with van der Waals surface area (Å²) >= 11 is 0. The Morgan fingerprint density at radius 1 is 0.952 bits per heavy atom. The summed E-state index contributed by atoms with van der Waals surface area (Å²) in [5.41, 5.74) is 1.29. The van der Waals surface area contributed by atoms with Crippen LogP contribution in [0.5, 0.6) is 11.5 Å². The van der Waals surface area contributed by atoms with Crippen molar-refractivity contribution in [1.29, 1.82) is 0 Å². The van der Waals surface area contributed by atoms with Gasteiger partial charge in [0.1, 0.15) is 11.5 Å². The van der Waals surface area contributed by atoms with Crippen LogP contribution in [0.15, 0.2) is 18.2 Å². The summed E-state index contributed by atoms with van der Waals surface area (Å²) in [4.78, 5) is 0. The van der Waals surface area contributed by atoms with Crippen LogP contribution in [0.2, 0.25) is 0 Å². The lowest BCUT2D eigenvalue weighted by molar-refractivity contribution is 0.393. The van der Waals surface area contributed by atoms with E-state index in [2.05, 4.69) is 17.4 Å². The van der Waals surface area contributed by atoms with E-state index in [9.17, 15) is 0 Å². The Labute approximate surface area is 129 Å². The molecule has 0 heterocycles. The fourth-order valence-electron chi connectivity index (χ4n) is 3.09. The number of benzene rings is 1. The lowest BCUT2D eigenvalue weighted by Crippen LogP contribution is -2.29. The molecule has 0 saturated heterocycles. The Balaban J connectivity index is 1.74. The molecule has 0 spiro atoms. The second-order valence-electron chi connectivity index (χ2n) is 5.97. The molecule has 3 heteroatoms. The number of aryl methyl sites for hydroxylation is 1. The third kappa shape index (κ3) is 5.58. The van der Waals surface area contributed by atoms with Gasteiger partial charge in [-0.15, -0.1) is 0 Å². The van der Waals surface area contributed by atoms with Gasteiger partial charge in [-0.2, -0.15) is 0 Å². The van der Waals surface area contributed by atoms with Crippen LogP contribution in [-0.4, -0.2) is 26.8 Å². The van der Waals surface area contributed by atoms with E-state index >= 15 is 0 Å². The Bertz CT molecular complexity index is 389. The number of ether oxygens (including phenoxy) is 2. The maximum absolute atomic E-state index is 5.32. The van der Waals surface area contributed by atoms with Crippen molar-refractivity contribution in [2.45, 2.75) is 57.4 Å². The summed E-state index contributed by atoms with van der Waals surface area (Å²) in [7, 11) is 3.40. The first-order valence-electron chi connectivity index (χ1n) is 8.27. The van der Waals surface area contributed by atoms with Gasteiger partial charge in [-0.25, -0.2) is 0 Å². The summed E-state index contributed by atoms with van der Waals surface area (Å²) in [5, 5.41) is 3.73. The minimum absolute atomic E-state index is 0.743. The highest BCUT2D eigenvalue weighted by atomic mass is 16.5. The van der Waals surface area contributed by atoms with E-state index in [1.54, 1.807) is 14.2 Å². The number of nitrogens with one attached hydrogen (secondary N) is 1. The van der Waals surface area contributed by atoms with E-state index < -0.39 is 0 Å². The van der Waals surface area contributed by atoms with Crippen LogP contribution in [-0.2, 0) is 6.42 Å². The monoisotopic (exact) mass is 291 g/mol. The molecule has 1 aliphatic rings. The molecule has 118 valence electrons. The smallest absolute Gasteiger partial charge is 0.122 e. The predicted molar refractivity (Wildman–Crippen MR) is 87.4 cm³/mol. The highest BCUT2D eigenvalue weighted by Crippen LogP contribution is 2.23. The van der Waals surface area contributed by atoms with Gasteiger partial charge in [0.15, 0.2) is 0 Å². The van der Waals surface area contributed by atoms with Gasteiger partial charge in [0.05, 0.1) is 14.2 Å².